The molecule has 4 aromatic rings. The van der Waals surface area contributed by atoms with Crippen molar-refractivity contribution in [3.8, 4) is 16.3 Å². The molecule has 7 nitrogen and oxygen atoms in total. The highest BCUT2D eigenvalue weighted by molar-refractivity contribution is 7.18. The van der Waals surface area contributed by atoms with Crippen molar-refractivity contribution in [3.05, 3.63) is 54.2 Å². The number of fused-ring (bicyclic) bond motifs is 1. The van der Waals surface area contributed by atoms with E-state index in [0.717, 1.165) is 16.5 Å². The highest BCUT2D eigenvalue weighted by Gasteiger charge is 2.16. The lowest BCUT2D eigenvalue weighted by molar-refractivity contribution is 0.102. The maximum absolute atomic E-state index is 12.4. The van der Waals surface area contributed by atoms with Crippen LogP contribution in [0.25, 0.3) is 21.5 Å². The number of aromatic hydroxyl groups is 1. The molecule has 0 aliphatic rings. The number of nitrogens with zero attached hydrogens (tertiary/aromatic N) is 3. The molecule has 1 amide bonds. The number of aromatic nitrogens is 4. The minimum Gasteiger partial charge on any atom is -0.508 e. The molecule has 0 radical (unpaired) electrons. The van der Waals surface area contributed by atoms with Gasteiger partial charge >= 0.3 is 0 Å². The molecule has 4 rings (SSSR count). The first-order chi connectivity index (χ1) is 11.7. The standard InChI is InChI=1S/C16H11N5O2S/c22-10-5-3-4-9(8-10)15-20-21-16(24-15)17-14(23)13-11-6-1-2-7-12(11)18-19-13/h1-8,22H,(H,18,19)(H,17,21,23). The maximum Gasteiger partial charge on any atom is 0.278 e. The number of rotatable bonds is 3. The molecule has 2 aromatic heterocycles. The lowest BCUT2D eigenvalue weighted by atomic mass is 10.2. The molecular weight excluding hydrogens is 326 g/mol. The lowest BCUT2D eigenvalue weighted by Crippen LogP contribution is -2.12. The van der Waals surface area contributed by atoms with Gasteiger partial charge in [0.25, 0.3) is 5.91 Å². The van der Waals surface area contributed by atoms with Crippen LogP contribution in [0, 0.1) is 0 Å². The van der Waals surface area contributed by atoms with Crippen LogP contribution in [-0.2, 0) is 0 Å². The lowest BCUT2D eigenvalue weighted by Gasteiger charge is -1.98. The van der Waals surface area contributed by atoms with Crippen molar-refractivity contribution in [1.29, 1.82) is 0 Å². The van der Waals surface area contributed by atoms with Gasteiger partial charge in [-0.15, -0.1) is 10.2 Å². The Kier molecular flexibility index (Phi) is 3.43. The molecule has 2 heterocycles. The van der Waals surface area contributed by atoms with Gasteiger partial charge in [-0.05, 0) is 18.2 Å². The predicted octanol–water partition coefficient (Wildman–Crippen LogP) is 3.04. The van der Waals surface area contributed by atoms with Crippen LogP contribution in [0.3, 0.4) is 0 Å². The van der Waals surface area contributed by atoms with Crippen molar-refractivity contribution in [2.75, 3.05) is 5.32 Å². The van der Waals surface area contributed by atoms with Crippen LogP contribution in [0.5, 0.6) is 5.75 Å². The SMILES string of the molecule is O=C(Nc1nnc(-c2cccc(O)c2)s1)c1n[nH]c2ccccc12. The summed E-state index contributed by atoms with van der Waals surface area (Å²) in [6.45, 7) is 0. The van der Waals surface area contributed by atoms with Gasteiger partial charge in [0.15, 0.2) is 5.69 Å². The zero-order valence-electron chi connectivity index (χ0n) is 12.2. The number of benzene rings is 2. The summed E-state index contributed by atoms with van der Waals surface area (Å²) in [4.78, 5) is 12.4. The van der Waals surface area contributed by atoms with Crippen LogP contribution in [0.2, 0.25) is 0 Å². The summed E-state index contributed by atoms with van der Waals surface area (Å²) < 4.78 is 0. The third kappa shape index (κ3) is 2.59. The fourth-order valence-electron chi connectivity index (χ4n) is 2.32. The Bertz CT molecular complexity index is 1040. The first-order valence-electron chi connectivity index (χ1n) is 7.08. The monoisotopic (exact) mass is 337 g/mol. The third-order valence-corrected chi connectivity index (χ3v) is 4.31. The fourth-order valence-corrected chi connectivity index (χ4v) is 3.06. The zero-order chi connectivity index (χ0) is 16.5. The van der Waals surface area contributed by atoms with Crippen LogP contribution < -0.4 is 5.32 Å². The number of carbonyl (C=O) groups is 1. The molecular formula is C16H11N5O2S. The summed E-state index contributed by atoms with van der Waals surface area (Å²) in [5, 5.41) is 28.8. The van der Waals surface area contributed by atoms with E-state index in [1.165, 1.54) is 11.3 Å². The summed E-state index contributed by atoms with van der Waals surface area (Å²) in [6.07, 6.45) is 0. The second-order valence-electron chi connectivity index (χ2n) is 5.03. The Hall–Kier alpha value is -3.26. The molecule has 0 bridgehead atoms. The number of amides is 1. The Morgan fingerprint density at radius 2 is 2.00 bits per heavy atom. The summed E-state index contributed by atoms with van der Waals surface area (Å²) >= 11 is 1.22. The molecule has 0 saturated heterocycles. The van der Waals surface area contributed by atoms with Gasteiger partial charge in [-0.25, -0.2) is 0 Å². The number of phenols is 1. The summed E-state index contributed by atoms with van der Waals surface area (Å²) in [5.74, 6) is -0.206. The van der Waals surface area contributed by atoms with Gasteiger partial charge in [0, 0.05) is 10.9 Å². The van der Waals surface area contributed by atoms with Crippen molar-refractivity contribution < 1.29 is 9.90 Å². The molecule has 0 aliphatic heterocycles. The Balaban J connectivity index is 1.59. The minimum atomic E-state index is -0.356. The molecule has 2 aromatic carbocycles. The summed E-state index contributed by atoms with van der Waals surface area (Å²) in [5.41, 5.74) is 1.83. The molecule has 0 saturated carbocycles. The number of nitrogens with one attached hydrogen (secondary N) is 2. The second kappa shape index (κ2) is 5.74. The number of hydrogen-bond donors (Lipinski definition) is 3. The van der Waals surface area contributed by atoms with Gasteiger partial charge in [0.2, 0.25) is 5.13 Å². The van der Waals surface area contributed by atoms with Crippen LogP contribution in [0.1, 0.15) is 10.5 Å². The van der Waals surface area contributed by atoms with Crippen molar-refractivity contribution >= 4 is 33.3 Å². The Labute approximate surface area is 140 Å². The minimum absolute atomic E-state index is 0.149. The highest BCUT2D eigenvalue weighted by atomic mass is 32.1. The largest absolute Gasteiger partial charge is 0.508 e. The molecule has 8 heteroatoms. The van der Waals surface area contributed by atoms with Gasteiger partial charge in [-0.1, -0.05) is 41.7 Å². The molecule has 24 heavy (non-hydrogen) atoms. The van der Waals surface area contributed by atoms with E-state index < -0.39 is 0 Å². The maximum atomic E-state index is 12.4. The van der Waals surface area contributed by atoms with Gasteiger partial charge in [0.1, 0.15) is 10.8 Å². The number of carbonyl (C=O) groups excluding carboxylic acids is 1. The van der Waals surface area contributed by atoms with E-state index in [2.05, 4.69) is 25.7 Å². The van der Waals surface area contributed by atoms with E-state index in [-0.39, 0.29) is 11.7 Å². The van der Waals surface area contributed by atoms with Crippen molar-refractivity contribution in [2.45, 2.75) is 0 Å². The van der Waals surface area contributed by atoms with Crippen LogP contribution >= 0.6 is 11.3 Å². The van der Waals surface area contributed by atoms with Crippen molar-refractivity contribution in [1.82, 2.24) is 20.4 Å². The number of H-pyrrole nitrogens is 1. The van der Waals surface area contributed by atoms with Crippen LogP contribution in [0.4, 0.5) is 5.13 Å². The normalized spacial score (nSPS) is 10.8. The average molecular weight is 337 g/mol. The van der Waals surface area contributed by atoms with E-state index in [1.54, 1.807) is 18.2 Å². The molecule has 0 spiro atoms. The third-order valence-electron chi connectivity index (χ3n) is 3.42. The number of hydrogen-bond acceptors (Lipinski definition) is 6. The predicted molar refractivity (Wildman–Crippen MR) is 91.1 cm³/mol. The van der Waals surface area contributed by atoms with Gasteiger partial charge < -0.3 is 5.11 Å². The summed E-state index contributed by atoms with van der Waals surface area (Å²) in [6, 6.07) is 14.1. The van der Waals surface area contributed by atoms with E-state index in [9.17, 15) is 9.90 Å². The first-order valence-corrected chi connectivity index (χ1v) is 7.90. The Morgan fingerprint density at radius 1 is 1.12 bits per heavy atom. The van der Waals surface area contributed by atoms with Crippen LogP contribution in [-0.4, -0.2) is 31.4 Å². The first kappa shape index (κ1) is 14.3. The van der Waals surface area contributed by atoms with Gasteiger partial charge in [-0.3, -0.25) is 15.2 Å². The van der Waals surface area contributed by atoms with E-state index in [4.69, 9.17) is 0 Å². The topological polar surface area (TPSA) is 104 Å². The molecule has 118 valence electrons. The van der Waals surface area contributed by atoms with E-state index in [0.29, 0.717) is 15.8 Å². The molecule has 3 N–H and O–H groups in total. The van der Waals surface area contributed by atoms with Gasteiger partial charge in [0.05, 0.1) is 5.52 Å². The van der Waals surface area contributed by atoms with E-state index >= 15 is 0 Å². The van der Waals surface area contributed by atoms with Crippen molar-refractivity contribution in [2.24, 2.45) is 0 Å². The number of para-hydroxylation sites is 1. The number of anilines is 1. The number of aromatic amines is 1. The quantitative estimate of drug-likeness (QED) is 0.533. The van der Waals surface area contributed by atoms with Crippen molar-refractivity contribution in [3.63, 3.8) is 0 Å². The molecule has 0 fully saturated rings. The number of phenolic OH excluding ortho intramolecular Hbond substituents is 1. The zero-order valence-corrected chi connectivity index (χ0v) is 13.0. The highest BCUT2D eigenvalue weighted by Crippen LogP contribution is 2.28. The average Bonchev–Trinajstić information content (AvgIpc) is 3.21. The molecule has 0 aliphatic carbocycles. The van der Waals surface area contributed by atoms with E-state index in [1.807, 2.05) is 30.3 Å². The Morgan fingerprint density at radius 3 is 2.88 bits per heavy atom. The summed E-state index contributed by atoms with van der Waals surface area (Å²) in [7, 11) is 0. The molecule has 0 atom stereocenters. The smallest absolute Gasteiger partial charge is 0.278 e. The van der Waals surface area contributed by atoms with Gasteiger partial charge in [-0.2, -0.15) is 5.10 Å². The molecule has 0 unspecified atom stereocenters. The second-order valence-corrected chi connectivity index (χ2v) is 6.01. The fraction of sp³-hybridized carbons (Fsp3) is 0. The van der Waals surface area contributed by atoms with Crippen LogP contribution in [0.15, 0.2) is 48.5 Å².